The fourth-order valence-corrected chi connectivity index (χ4v) is 2.44. The monoisotopic (exact) mass is 263 g/mol. The van der Waals surface area contributed by atoms with Gasteiger partial charge in [-0.1, -0.05) is 19.9 Å². The first-order chi connectivity index (χ1) is 8.91. The van der Waals surface area contributed by atoms with Crippen molar-refractivity contribution in [1.29, 1.82) is 0 Å². The summed E-state index contributed by atoms with van der Waals surface area (Å²) >= 11 is 0. The van der Waals surface area contributed by atoms with Crippen LogP contribution in [-0.2, 0) is 0 Å². The van der Waals surface area contributed by atoms with Crippen LogP contribution < -0.4 is 14.8 Å². The predicted molar refractivity (Wildman–Crippen MR) is 77.9 cm³/mol. The van der Waals surface area contributed by atoms with Gasteiger partial charge in [-0.05, 0) is 32.9 Å². The minimum atomic E-state index is -0.142. The Balaban J connectivity index is 2.23. The van der Waals surface area contributed by atoms with Crippen molar-refractivity contribution in [3.8, 4) is 11.5 Å². The lowest BCUT2D eigenvalue weighted by Crippen LogP contribution is -2.38. The Morgan fingerprint density at radius 3 is 2.79 bits per heavy atom. The first-order valence-electron chi connectivity index (χ1n) is 7.04. The van der Waals surface area contributed by atoms with E-state index in [1.54, 1.807) is 0 Å². The first-order valence-corrected chi connectivity index (χ1v) is 7.04. The van der Waals surface area contributed by atoms with E-state index in [0.717, 1.165) is 24.5 Å². The van der Waals surface area contributed by atoms with Gasteiger partial charge in [0, 0.05) is 24.1 Å². The zero-order valence-electron chi connectivity index (χ0n) is 12.6. The van der Waals surface area contributed by atoms with Crippen LogP contribution in [0.3, 0.4) is 0 Å². The Morgan fingerprint density at radius 2 is 2.16 bits per heavy atom. The molecule has 1 atom stereocenters. The van der Waals surface area contributed by atoms with E-state index < -0.39 is 0 Å². The number of ether oxygens (including phenoxy) is 2. The van der Waals surface area contributed by atoms with Crippen LogP contribution in [0.1, 0.15) is 45.7 Å². The summed E-state index contributed by atoms with van der Waals surface area (Å²) in [6, 6.07) is 6.51. The molecule has 0 aliphatic carbocycles. The van der Waals surface area contributed by atoms with Gasteiger partial charge >= 0.3 is 0 Å². The van der Waals surface area contributed by atoms with E-state index >= 15 is 0 Å². The van der Waals surface area contributed by atoms with Crippen LogP contribution in [0.25, 0.3) is 0 Å². The molecule has 1 aliphatic rings. The quantitative estimate of drug-likeness (QED) is 0.901. The van der Waals surface area contributed by atoms with Crippen molar-refractivity contribution in [2.24, 2.45) is 5.92 Å². The van der Waals surface area contributed by atoms with Gasteiger partial charge in [-0.2, -0.15) is 0 Å². The second kappa shape index (κ2) is 5.41. The van der Waals surface area contributed by atoms with Crippen LogP contribution in [-0.4, -0.2) is 19.3 Å². The number of fused-ring (bicyclic) bond motifs is 1. The normalized spacial score (nSPS) is 20.8. The molecule has 1 heterocycles. The van der Waals surface area contributed by atoms with Gasteiger partial charge in [-0.15, -0.1) is 0 Å². The summed E-state index contributed by atoms with van der Waals surface area (Å²) in [4.78, 5) is 0. The molecule has 0 aromatic heterocycles. The summed E-state index contributed by atoms with van der Waals surface area (Å²) in [6.45, 7) is 9.28. The Labute approximate surface area is 116 Å². The van der Waals surface area contributed by atoms with E-state index in [-0.39, 0.29) is 5.60 Å². The third-order valence-corrected chi connectivity index (χ3v) is 3.37. The minimum Gasteiger partial charge on any atom is -0.493 e. The molecule has 19 heavy (non-hydrogen) atoms. The molecule has 1 aromatic rings. The van der Waals surface area contributed by atoms with E-state index in [4.69, 9.17) is 9.47 Å². The number of hydrogen-bond acceptors (Lipinski definition) is 3. The highest BCUT2D eigenvalue weighted by Crippen LogP contribution is 2.40. The van der Waals surface area contributed by atoms with Crippen molar-refractivity contribution >= 4 is 0 Å². The van der Waals surface area contributed by atoms with Crippen molar-refractivity contribution in [2.75, 3.05) is 13.7 Å². The van der Waals surface area contributed by atoms with Gasteiger partial charge in [0.05, 0.1) is 6.61 Å². The van der Waals surface area contributed by atoms with Crippen LogP contribution >= 0.6 is 0 Å². The smallest absolute Gasteiger partial charge is 0.128 e. The number of nitrogens with one attached hydrogen (secondary N) is 1. The molecule has 0 saturated carbocycles. The Bertz CT molecular complexity index is 440. The highest BCUT2D eigenvalue weighted by molar-refractivity contribution is 5.44. The van der Waals surface area contributed by atoms with Gasteiger partial charge < -0.3 is 14.8 Å². The molecule has 3 heteroatoms. The van der Waals surface area contributed by atoms with Gasteiger partial charge in [0.2, 0.25) is 0 Å². The van der Waals surface area contributed by atoms with E-state index in [0.29, 0.717) is 12.0 Å². The third kappa shape index (κ3) is 3.41. The molecule has 0 saturated heterocycles. The van der Waals surface area contributed by atoms with Crippen LogP contribution in [0.5, 0.6) is 11.5 Å². The number of benzene rings is 1. The number of rotatable bonds is 4. The minimum absolute atomic E-state index is 0.142. The van der Waals surface area contributed by atoms with Crippen molar-refractivity contribution in [3.63, 3.8) is 0 Å². The van der Waals surface area contributed by atoms with E-state index in [2.05, 4.69) is 39.1 Å². The zero-order chi connectivity index (χ0) is 14.0. The molecule has 0 amide bonds. The Kier molecular flexibility index (Phi) is 4.04. The van der Waals surface area contributed by atoms with Crippen molar-refractivity contribution < 1.29 is 9.47 Å². The molecule has 0 spiro atoms. The van der Waals surface area contributed by atoms with Gasteiger partial charge in [-0.25, -0.2) is 0 Å². The summed E-state index contributed by atoms with van der Waals surface area (Å²) < 4.78 is 11.8. The summed E-state index contributed by atoms with van der Waals surface area (Å²) in [5.74, 6) is 2.36. The van der Waals surface area contributed by atoms with Crippen LogP contribution in [0.2, 0.25) is 0 Å². The molecule has 3 nitrogen and oxygen atoms in total. The van der Waals surface area contributed by atoms with E-state index in [1.165, 1.54) is 5.56 Å². The van der Waals surface area contributed by atoms with Crippen LogP contribution in [0.4, 0.5) is 0 Å². The average Bonchev–Trinajstić information content (AvgIpc) is 2.33. The Morgan fingerprint density at radius 1 is 1.42 bits per heavy atom. The second-order valence-corrected chi connectivity index (χ2v) is 6.31. The summed E-state index contributed by atoms with van der Waals surface area (Å²) in [5, 5.41) is 3.36. The molecular weight excluding hydrogens is 238 g/mol. The fraction of sp³-hybridized carbons (Fsp3) is 0.625. The fourth-order valence-electron chi connectivity index (χ4n) is 2.44. The average molecular weight is 263 g/mol. The zero-order valence-corrected chi connectivity index (χ0v) is 12.6. The molecule has 106 valence electrons. The maximum Gasteiger partial charge on any atom is 0.128 e. The third-order valence-electron chi connectivity index (χ3n) is 3.37. The van der Waals surface area contributed by atoms with Crippen LogP contribution in [0, 0.1) is 5.92 Å². The maximum absolute atomic E-state index is 6.08. The lowest BCUT2D eigenvalue weighted by atomic mass is 9.90. The van der Waals surface area contributed by atoms with Gasteiger partial charge in [0.15, 0.2) is 0 Å². The summed E-state index contributed by atoms with van der Waals surface area (Å²) in [7, 11) is 2.00. The van der Waals surface area contributed by atoms with Gasteiger partial charge in [-0.3, -0.25) is 0 Å². The molecule has 1 unspecified atom stereocenters. The standard InChI is InChI=1S/C16H25NO2/c1-11(2)10-18-12-6-7-13-14(17-5)9-16(3,4)19-15(13)8-12/h6-8,11,14,17H,9-10H2,1-5H3. The largest absolute Gasteiger partial charge is 0.493 e. The molecule has 0 radical (unpaired) electrons. The SMILES string of the molecule is CNC1CC(C)(C)Oc2cc(OCC(C)C)ccc21. The molecule has 1 aliphatic heterocycles. The predicted octanol–water partition coefficient (Wildman–Crippen LogP) is 3.54. The lowest BCUT2D eigenvalue weighted by Gasteiger charge is -2.37. The summed E-state index contributed by atoms with van der Waals surface area (Å²) in [6.07, 6.45) is 0.975. The lowest BCUT2D eigenvalue weighted by molar-refractivity contribution is 0.0670. The first kappa shape index (κ1) is 14.2. The topological polar surface area (TPSA) is 30.5 Å². The van der Waals surface area contributed by atoms with Crippen molar-refractivity contribution in [1.82, 2.24) is 5.32 Å². The highest BCUT2D eigenvalue weighted by atomic mass is 16.5. The van der Waals surface area contributed by atoms with Gasteiger partial charge in [0.25, 0.3) is 0 Å². The molecule has 0 bridgehead atoms. The number of hydrogen-bond donors (Lipinski definition) is 1. The van der Waals surface area contributed by atoms with Crippen LogP contribution in [0.15, 0.2) is 18.2 Å². The van der Waals surface area contributed by atoms with E-state index in [9.17, 15) is 0 Å². The van der Waals surface area contributed by atoms with Crippen molar-refractivity contribution in [3.05, 3.63) is 23.8 Å². The highest BCUT2D eigenvalue weighted by Gasteiger charge is 2.33. The maximum atomic E-state index is 6.08. The van der Waals surface area contributed by atoms with Gasteiger partial charge in [0.1, 0.15) is 17.1 Å². The molecular formula is C16H25NO2. The van der Waals surface area contributed by atoms with Crippen molar-refractivity contribution in [2.45, 2.75) is 45.8 Å². The molecule has 2 rings (SSSR count). The molecule has 1 aromatic carbocycles. The van der Waals surface area contributed by atoms with E-state index in [1.807, 2.05) is 19.2 Å². The molecule has 1 N–H and O–H groups in total. The summed E-state index contributed by atoms with van der Waals surface area (Å²) in [5.41, 5.74) is 1.08. The second-order valence-electron chi connectivity index (χ2n) is 6.31. The molecule has 0 fully saturated rings. The Hall–Kier alpha value is -1.22.